The molecule has 94 valence electrons. The Balaban J connectivity index is 1.92. The molecule has 0 saturated carbocycles. The van der Waals surface area contributed by atoms with Gasteiger partial charge in [0.15, 0.2) is 0 Å². The lowest BCUT2D eigenvalue weighted by Gasteiger charge is -2.12. The topological polar surface area (TPSA) is 26.0 Å². The lowest BCUT2D eigenvalue weighted by atomic mass is 9.99. The van der Waals surface area contributed by atoms with Crippen LogP contribution in [0.3, 0.4) is 0 Å². The smallest absolute Gasteiger partial charge is 0.0120 e. The van der Waals surface area contributed by atoms with Crippen LogP contribution < -0.4 is 5.73 Å². The lowest BCUT2D eigenvalue weighted by molar-refractivity contribution is 0.664. The molecule has 0 saturated heterocycles. The van der Waals surface area contributed by atoms with Gasteiger partial charge in [-0.25, -0.2) is 0 Å². The standard InChI is InChI=1S/C17H21N/c1-2-14-8-10-16(11-9-14)13-17(18)12-15-6-4-3-5-7-15/h3-11,17H,2,12-13,18H2,1H3. The molecule has 2 rings (SSSR count). The van der Waals surface area contributed by atoms with E-state index in [0.29, 0.717) is 0 Å². The quantitative estimate of drug-likeness (QED) is 0.850. The van der Waals surface area contributed by atoms with Crippen molar-refractivity contribution in [1.29, 1.82) is 0 Å². The fraction of sp³-hybridized carbons (Fsp3) is 0.294. The van der Waals surface area contributed by atoms with E-state index in [0.717, 1.165) is 19.3 Å². The molecule has 0 radical (unpaired) electrons. The zero-order chi connectivity index (χ0) is 12.8. The first-order valence-electron chi connectivity index (χ1n) is 6.65. The highest BCUT2D eigenvalue weighted by atomic mass is 14.6. The van der Waals surface area contributed by atoms with Crippen LogP contribution in [-0.4, -0.2) is 6.04 Å². The van der Waals surface area contributed by atoms with E-state index in [-0.39, 0.29) is 6.04 Å². The molecule has 2 aromatic rings. The Labute approximate surface area is 110 Å². The number of benzene rings is 2. The molecule has 1 unspecified atom stereocenters. The van der Waals surface area contributed by atoms with E-state index < -0.39 is 0 Å². The van der Waals surface area contributed by atoms with Gasteiger partial charge < -0.3 is 5.73 Å². The third-order valence-corrected chi connectivity index (χ3v) is 3.27. The van der Waals surface area contributed by atoms with Crippen LogP contribution in [0.5, 0.6) is 0 Å². The molecule has 0 heterocycles. The van der Waals surface area contributed by atoms with Crippen molar-refractivity contribution in [2.24, 2.45) is 5.73 Å². The van der Waals surface area contributed by atoms with E-state index in [2.05, 4.69) is 55.5 Å². The number of aryl methyl sites for hydroxylation is 1. The van der Waals surface area contributed by atoms with E-state index in [4.69, 9.17) is 5.73 Å². The third-order valence-electron chi connectivity index (χ3n) is 3.27. The second-order valence-electron chi connectivity index (χ2n) is 4.82. The maximum Gasteiger partial charge on any atom is 0.0120 e. The van der Waals surface area contributed by atoms with Crippen molar-refractivity contribution < 1.29 is 0 Å². The van der Waals surface area contributed by atoms with Gasteiger partial charge in [0, 0.05) is 6.04 Å². The SMILES string of the molecule is CCc1ccc(CC(N)Cc2ccccc2)cc1. The van der Waals surface area contributed by atoms with Gasteiger partial charge >= 0.3 is 0 Å². The van der Waals surface area contributed by atoms with Crippen LogP contribution in [0.4, 0.5) is 0 Å². The summed E-state index contributed by atoms with van der Waals surface area (Å²) >= 11 is 0. The number of hydrogen-bond donors (Lipinski definition) is 1. The van der Waals surface area contributed by atoms with Gasteiger partial charge in [-0.2, -0.15) is 0 Å². The summed E-state index contributed by atoms with van der Waals surface area (Å²) in [6, 6.07) is 19.4. The Bertz CT molecular complexity index is 459. The van der Waals surface area contributed by atoms with Gasteiger partial charge in [0.05, 0.1) is 0 Å². The first-order chi connectivity index (χ1) is 8.78. The molecular weight excluding hydrogens is 218 g/mol. The summed E-state index contributed by atoms with van der Waals surface area (Å²) in [6.07, 6.45) is 2.98. The molecule has 2 aromatic carbocycles. The van der Waals surface area contributed by atoms with Crippen LogP contribution in [0.1, 0.15) is 23.6 Å². The maximum atomic E-state index is 6.21. The zero-order valence-electron chi connectivity index (χ0n) is 11.0. The first-order valence-corrected chi connectivity index (χ1v) is 6.65. The molecule has 0 amide bonds. The first kappa shape index (κ1) is 12.8. The van der Waals surface area contributed by atoms with E-state index >= 15 is 0 Å². The lowest BCUT2D eigenvalue weighted by Crippen LogP contribution is -2.25. The van der Waals surface area contributed by atoms with Crippen molar-refractivity contribution in [2.75, 3.05) is 0 Å². The highest BCUT2D eigenvalue weighted by molar-refractivity contribution is 5.24. The molecule has 0 aliphatic rings. The van der Waals surface area contributed by atoms with Crippen LogP contribution in [0, 0.1) is 0 Å². The molecule has 0 aromatic heterocycles. The average molecular weight is 239 g/mol. The molecule has 1 heteroatoms. The summed E-state index contributed by atoms with van der Waals surface area (Å²) in [5.74, 6) is 0. The molecule has 1 atom stereocenters. The summed E-state index contributed by atoms with van der Waals surface area (Å²) in [5, 5.41) is 0. The second-order valence-corrected chi connectivity index (χ2v) is 4.82. The molecular formula is C17H21N. The van der Waals surface area contributed by atoms with Crippen LogP contribution in [0.2, 0.25) is 0 Å². The Morgan fingerprint density at radius 2 is 1.28 bits per heavy atom. The summed E-state index contributed by atoms with van der Waals surface area (Å²) < 4.78 is 0. The minimum Gasteiger partial charge on any atom is -0.327 e. The van der Waals surface area contributed by atoms with E-state index in [1.165, 1.54) is 16.7 Å². The number of rotatable bonds is 5. The van der Waals surface area contributed by atoms with Crippen LogP contribution in [0.15, 0.2) is 54.6 Å². The van der Waals surface area contributed by atoms with E-state index in [1.807, 2.05) is 6.07 Å². The fourth-order valence-corrected chi connectivity index (χ4v) is 2.20. The van der Waals surface area contributed by atoms with E-state index in [1.54, 1.807) is 0 Å². The highest BCUT2D eigenvalue weighted by Crippen LogP contribution is 2.09. The van der Waals surface area contributed by atoms with Gasteiger partial charge in [0.2, 0.25) is 0 Å². The molecule has 0 aliphatic heterocycles. The Morgan fingerprint density at radius 3 is 1.83 bits per heavy atom. The van der Waals surface area contributed by atoms with Crippen LogP contribution in [0.25, 0.3) is 0 Å². The summed E-state index contributed by atoms with van der Waals surface area (Å²) in [7, 11) is 0. The minimum absolute atomic E-state index is 0.194. The Morgan fingerprint density at radius 1 is 0.778 bits per heavy atom. The van der Waals surface area contributed by atoms with Gasteiger partial charge in [0.25, 0.3) is 0 Å². The molecule has 1 nitrogen and oxygen atoms in total. The summed E-state index contributed by atoms with van der Waals surface area (Å²) in [6.45, 7) is 2.18. The maximum absolute atomic E-state index is 6.21. The normalized spacial score (nSPS) is 12.3. The van der Waals surface area contributed by atoms with Crippen LogP contribution in [-0.2, 0) is 19.3 Å². The minimum atomic E-state index is 0.194. The third kappa shape index (κ3) is 3.71. The van der Waals surface area contributed by atoms with Crippen molar-refractivity contribution in [3.8, 4) is 0 Å². The van der Waals surface area contributed by atoms with Crippen molar-refractivity contribution in [3.63, 3.8) is 0 Å². The van der Waals surface area contributed by atoms with Gasteiger partial charge in [0.1, 0.15) is 0 Å². The summed E-state index contributed by atoms with van der Waals surface area (Å²) in [5.41, 5.74) is 10.2. The van der Waals surface area contributed by atoms with Gasteiger partial charge in [-0.15, -0.1) is 0 Å². The molecule has 0 fully saturated rings. The fourth-order valence-electron chi connectivity index (χ4n) is 2.20. The van der Waals surface area contributed by atoms with Gasteiger partial charge in [-0.1, -0.05) is 61.5 Å². The molecule has 0 bridgehead atoms. The second kappa shape index (κ2) is 6.36. The molecule has 18 heavy (non-hydrogen) atoms. The average Bonchev–Trinajstić information content (AvgIpc) is 2.40. The molecule has 0 spiro atoms. The monoisotopic (exact) mass is 239 g/mol. The van der Waals surface area contributed by atoms with Crippen molar-refractivity contribution in [3.05, 3.63) is 71.3 Å². The van der Waals surface area contributed by atoms with Crippen molar-refractivity contribution in [1.82, 2.24) is 0 Å². The molecule has 2 N–H and O–H groups in total. The highest BCUT2D eigenvalue weighted by Gasteiger charge is 2.05. The number of nitrogens with two attached hydrogens (primary N) is 1. The van der Waals surface area contributed by atoms with Gasteiger partial charge in [-0.3, -0.25) is 0 Å². The van der Waals surface area contributed by atoms with Crippen LogP contribution >= 0.6 is 0 Å². The Kier molecular flexibility index (Phi) is 4.54. The predicted octanol–water partition coefficient (Wildman–Crippen LogP) is 3.36. The number of hydrogen-bond acceptors (Lipinski definition) is 1. The van der Waals surface area contributed by atoms with E-state index in [9.17, 15) is 0 Å². The largest absolute Gasteiger partial charge is 0.327 e. The predicted molar refractivity (Wildman–Crippen MR) is 77.6 cm³/mol. The van der Waals surface area contributed by atoms with Crippen molar-refractivity contribution in [2.45, 2.75) is 32.2 Å². The molecule has 0 aliphatic carbocycles. The summed E-state index contributed by atoms with van der Waals surface area (Å²) in [4.78, 5) is 0. The van der Waals surface area contributed by atoms with Crippen molar-refractivity contribution >= 4 is 0 Å². The van der Waals surface area contributed by atoms with Gasteiger partial charge in [-0.05, 0) is 36.0 Å². The zero-order valence-corrected chi connectivity index (χ0v) is 11.0. The Hall–Kier alpha value is -1.60.